The van der Waals surface area contributed by atoms with E-state index in [0.29, 0.717) is 0 Å². The van der Waals surface area contributed by atoms with Crippen LogP contribution in [0.15, 0.2) is 36.0 Å². The van der Waals surface area contributed by atoms with Gasteiger partial charge < -0.3 is 5.32 Å². The topological polar surface area (TPSA) is 12.0 Å². The van der Waals surface area contributed by atoms with E-state index in [9.17, 15) is 0 Å². The minimum Gasteiger partial charge on any atom is -0.309 e. The minimum atomic E-state index is 1.01. The van der Waals surface area contributed by atoms with E-state index in [0.717, 1.165) is 13.1 Å². The highest BCUT2D eigenvalue weighted by atomic mass is 14.9. The summed E-state index contributed by atoms with van der Waals surface area (Å²) in [5.41, 5.74) is 2.85. The molecule has 0 saturated heterocycles. The third-order valence-electron chi connectivity index (χ3n) is 1.69. The highest BCUT2D eigenvalue weighted by Crippen LogP contribution is 2.09. The predicted octanol–water partition coefficient (Wildman–Crippen LogP) is 1.65. The third kappa shape index (κ3) is 1.58. The lowest BCUT2D eigenvalue weighted by Gasteiger charge is -1.90. The van der Waals surface area contributed by atoms with Gasteiger partial charge in [0.05, 0.1) is 0 Å². The standard InChI is InChI=1S/C9H13N/c1-3-4-5-9-7-10-6-8(9)2/h3-5,10H,1,6-7H2,2H3/b5-4-. The summed E-state index contributed by atoms with van der Waals surface area (Å²) in [7, 11) is 0. The van der Waals surface area contributed by atoms with Crippen LogP contribution in [-0.4, -0.2) is 13.1 Å². The molecule has 0 amide bonds. The van der Waals surface area contributed by atoms with Crippen molar-refractivity contribution in [2.24, 2.45) is 0 Å². The Morgan fingerprint density at radius 3 is 2.80 bits per heavy atom. The van der Waals surface area contributed by atoms with E-state index >= 15 is 0 Å². The summed E-state index contributed by atoms with van der Waals surface area (Å²) in [5, 5.41) is 3.27. The Hall–Kier alpha value is -0.820. The largest absolute Gasteiger partial charge is 0.309 e. The number of rotatable bonds is 2. The molecule has 54 valence electrons. The first kappa shape index (κ1) is 7.29. The Morgan fingerprint density at radius 2 is 2.30 bits per heavy atom. The second kappa shape index (κ2) is 3.37. The van der Waals surface area contributed by atoms with Gasteiger partial charge in [-0.15, -0.1) is 0 Å². The fourth-order valence-electron chi connectivity index (χ4n) is 1.03. The molecule has 0 spiro atoms. The lowest BCUT2D eigenvalue weighted by atomic mass is 10.2. The van der Waals surface area contributed by atoms with Crippen LogP contribution in [0.2, 0.25) is 0 Å². The molecular weight excluding hydrogens is 122 g/mol. The second-order valence-corrected chi connectivity index (χ2v) is 2.50. The molecule has 0 aromatic carbocycles. The SMILES string of the molecule is C=C/C=C\C1=C(C)CNC1. The number of hydrogen-bond acceptors (Lipinski definition) is 1. The normalized spacial score (nSPS) is 18.9. The number of hydrogen-bond donors (Lipinski definition) is 1. The molecule has 0 atom stereocenters. The third-order valence-corrected chi connectivity index (χ3v) is 1.69. The summed E-state index contributed by atoms with van der Waals surface area (Å²) in [6, 6.07) is 0. The first-order valence-corrected chi connectivity index (χ1v) is 3.53. The van der Waals surface area contributed by atoms with Crippen molar-refractivity contribution in [2.45, 2.75) is 6.92 Å². The Labute approximate surface area is 62.1 Å². The van der Waals surface area contributed by atoms with Crippen molar-refractivity contribution in [3.8, 4) is 0 Å². The molecule has 1 heterocycles. The highest BCUT2D eigenvalue weighted by Gasteiger charge is 2.04. The minimum absolute atomic E-state index is 1.01. The lowest BCUT2D eigenvalue weighted by molar-refractivity contribution is 0.868. The quantitative estimate of drug-likeness (QED) is 0.568. The van der Waals surface area contributed by atoms with Gasteiger partial charge in [-0.3, -0.25) is 0 Å². The molecule has 1 aliphatic rings. The van der Waals surface area contributed by atoms with Gasteiger partial charge in [-0.2, -0.15) is 0 Å². The molecule has 0 unspecified atom stereocenters. The van der Waals surface area contributed by atoms with Crippen molar-refractivity contribution in [1.82, 2.24) is 5.32 Å². The van der Waals surface area contributed by atoms with E-state index in [1.165, 1.54) is 11.1 Å². The zero-order valence-electron chi connectivity index (χ0n) is 6.35. The van der Waals surface area contributed by atoms with E-state index in [4.69, 9.17) is 0 Å². The van der Waals surface area contributed by atoms with Crippen LogP contribution in [0.5, 0.6) is 0 Å². The van der Waals surface area contributed by atoms with Gasteiger partial charge in [0.15, 0.2) is 0 Å². The van der Waals surface area contributed by atoms with Crippen LogP contribution < -0.4 is 5.32 Å². The Morgan fingerprint density at radius 1 is 1.50 bits per heavy atom. The molecule has 1 N–H and O–H groups in total. The van der Waals surface area contributed by atoms with E-state index in [2.05, 4.69) is 24.9 Å². The van der Waals surface area contributed by atoms with Crippen LogP contribution in [-0.2, 0) is 0 Å². The van der Waals surface area contributed by atoms with Gasteiger partial charge in [0.25, 0.3) is 0 Å². The molecule has 0 bridgehead atoms. The smallest absolute Gasteiger partial charge is 0.0208 e. The van der Waals surface area contributed by atoms with Crippen LogP contribution in [0.25, 0.3) is 0 Å². The summed E-state index contributed by atoms with van der Waals surface area (Å²) in [6.07, 6.45) is 5.90. The zero-order valence-corrected chi connectivity index (χ0v) is 6.35. The van der Waals surface area contributed by atoms with Gasteiger partial charge in [0.2, 0.25) is 0 Å². The molecule has 0 radical (unpaired) electrons. The van der Waals surface area contributed by atoms with E-state index in [-0.39, 0.29) is 0 Å². The van der Waals surface area contributed by atoms with Crippen LogP contribution in [0.1, 0.15) is 6.92 Å². The van der Waals surface area contributed by atoms with Gasteiger partial charge in [-0.25, -0.2) is 0 Å². The molecule has 0 aliphatic carbocycles. The van der Waals surface area contributed by atoms with Gasteiger partial charge in [-0.05, 0) is 12.5 Å². The molecule has 0 fully saturated rings. The summed E-state index contributed by atoms with van der Waals surface area (Å²) in [5.74, 6) is 0. The maximum Gasteiger partial charge on any atom is 0.0208 e. The fourth-order valence-corrected chi connectivity index (χ4v) is 1.03. The Balaban J connectivity index is 2.62. The molecular formula is C9H13N. The van der Waals surface area contributed by atoms with Crippen molar-refractivity contribution < 1.29 is 0 Å². The highest BCUT2D eigenvalue weighted by molar-refractivity contribution is 5.31. The van der Waals surface area contributed by atoms with E-state index in [1.54, 1.807) is 6.08 Å². The summed E-state index contributed by atoms with van der Waals surface area (Å²) in [6.45, 7) is 7.82. The van der Waals surface area contributed by atoms with Crippen LogP contribution in [0.3, 0.4) is 0 Å². The molecule has 0 aromatic heterocycles. The molecule has 1 nitrogen and oxygen atoms in total. The van der Waals surface area contributed by atoms with Crippen LogP contribution in [0.4, 0.5) is 0 Å². The molecule has 1 heteroatoms. The molecule has 10 heavy (non-hydrogen) atoms. The second-order valence-electron chi connectivity index (χ2n) is 2.50. The first-order valence-electron chi connectivity index (χ1n) is 3.53. The lowest BCUT2D eigenvalue weighted by Crippen LogP contribution is -2.07. The summed E-state index contributed by atoms with van der Waals surface area (Å²) >= 11 is 0. The molecule has 1 aliphatic heterocycles. The van der Waals surface area contributed by atoms with Gasteiger partial charge in [0.1, 0.15) is 0 Å². The zero-order chi connectivity index (χ0) is 7.40. The van der Waals surface area contributed by atoms with Crippen molar-refractivity contribution >= 4 is 0 Å². The van der Waals surface area contributed by atoms with Crippen molar-refractivity contribution in [2.75, 3.05) is 13.1 Å². The average molecular weight is 135 g/mol. The monoisotopic (exact) mass is 135 g/mol. The predicted molar refractivity (Wildman–Crippen MR) is 44.9 cm³/mol. The van der Waals surface area contributed by atoms with Crippen molar-refractivity contribution in [1.29, 1.82) is 0 Å². The summed E-state index contributed by atoms with van der Waals surface area (Å²) in [4.78, 5) is 0. The van der Waals surface area contributed by atoms with E-state index < -0.39 is 0 Å². The van der Waals surface area contributed by atoms with Crippen molar-refractivity contribution in [3.63, 3.8) is 0 Å². The summed E-state index contributed by atoms with van der Waals surface area (Å²) < 4.78 is 0. The average Bonchev–Trinajstić information content (AvgIpc) is 2.31. The van der Waals surface area contributed by atoms with Gasteiger partial charge in [-0.1, -0.05) is 30.4 Å². The fraction of sp³-hybridized carbons (Fsp3) is 0.333. The van der Waals surface area contributed by atoms with Crippen molar-refractivity contribution in [3.05, 3.63) is 36.0 Å². The Kier molecular flexibility index (Phi) is 2.46. The molecule has 0 aromatic rings. The Bertz CT molecular complexity index is 187. The maximum absolute atomic E-state index is 3.62. The maximum atomic E-state index is 3.62. The first-order chi connectivity index (χ1) is 4.84. The van der Waals surface area contributed by atoms with Gasteiger partial charge in [0, 0.05) is 13.1 Å². The van der Waals surface area contributed by atoms with Crippen LogP contribution >= 0.6 is 0 Å². The van der Waals surface area contributed by atoms with E-state index in [1.807, 2.05) is 6.08 Å². The molecule has 1 rings (SSSR count). The molecule has 0 saturated carbocycles. The number of allylic oxidation sites excluding steroid dienone is 2. The number of nitrogens with one attached hydrogen (secondary N) is 1. The van der Waals surface area contributed by atoms with Gasteiger partial charge >= 0.3 is 0 Å². The van der Waals surface area contributed by atoms with Crippen LogP contribution in [0, 0.1) is 0 Å².